The number of carbonyl (C=O) groups excluding carboxylic acids is 1. The first kappa shape index (κ1) is 12.9. The van der Waals surface area contributed by atoms with E-state index < -0.39 is 0 Å². The van der Waals surface area contributed by atoms with E-state index in [1.54, 1.807) is 18.0 Å². The fraction of sp³-hybridized carbons (Fsp3) is 0.667. The summed E-state index contributed by atoms with van der Waals surface area (Å²) in [6.07, 6.45) is 6.54. The molecule has 1 aliphatic rings. The van der Waals surface area contributed by atoms with E-state index in [9.17, 15) is 4.79 Å². The van der Waals surface area contributed by atoms with Crippen molar-refractivity contribution in [3.63, 3.8) is 0 Å². The van der Waals surface area contributed by atoms with Gasteiger partial charge in [-0.05, 0) is 24.7 Å². The standard InChI is InChI=1S/C12H20N4O2/c1-18-5-4-12(2-3-12)9-14-11(17)8-16-7-10(13)6-15-16/h6-7H,2-5,8-9,13H2,1H3,(H,14,17). The Labute approximate surface area is 106 Å². The van der Waals surface area contributed by atoms with Crippen LogP contribution in [-0.4, -0.2) is 35.9 Å². The molecule has 1 aliphatic carbocycles. The van der Waals surface area contributed by atoms with Crippen molar-refractivity contribution in [2.75, 3.05) is 26.0 Å². The third-order valence-corrected chi connectivity index (χ3v) is 3.41. The normalized spacial score (nSPS) is 16.5. The van der Waals surface area contributed by atoms with Gasteiger partial charge >= 0.3 is 0 Å². The van der Waals surface area contributed by atoms with Crippen molar-refractivity contribution in [2.45, 2.75) is 25.8 Å². The van der Waals surface area contributed by atoms with E-state index in [-0.39, 0.29) is 17.9 Å². The molecular weight excluding hydrogens is 232 g/mol. The third-order valence-electron chi connectivity index (χ3n) is 3.41. The maximum atomic E-state index is 11.7. The monoisotopic (exact) mass is 252 g/mol. The molecule has 1 amide bonds. The lowest BCUT2D eigenvalue weighted by molar-refractivity contribution is -0.122. The van der Waals surface area contributed by atoms with E-state index in [4.69, 9.17) is 10.5 Å². The highest BCUT2D eigenvalue weighted by Crippen LogP contribution is 2.48. The van der Waals surface area contributed by atoms with Gasteiger partial charge in [0.05, 0.1) is 11.9 Å². The first-order valence-electron chi connectivity index (χ1n) is 6.17. The highest BCUT2D eigenvalue weighted by Gasteiger charge is 2.42. The van der Waals surface area contributed by atoms with Gasteiger partial charge in [0.1, 0.15) is 6.54 Å². The quantitative estimate of drug-likeness (QED) is 0.736. The molecule has 0 radical (unpaired) electrons. The molecule has 0 bridgehead atoms. The van der Waals surface area contributed by atoms with E-state index in [1.807, 2.05) is 0 Å². The molecule has 0 atom stereocenters. The van der Waals surface area contributed by atoms with Crippen molar-refractivity contribution >= 4 is 11.6 Å². The predicted molar refractivity (Wildman–Crippen MR) is 67.8 cm³/mol. The summed E-state index contributed by atoms with van der Waals surface area (Å²) in [5.41, 5.74) is 6.38. The molecule has 1 heterocycles. The number of amides is 1. The van der Waals surface area contributed by atoms with Crippen LogP contribution in [0.3, 0.4) is 0 Å². The molecule has 0 aromatic carbocycles. The van der Waals surface area contributed by atoms with Crippen LogP contribution < -0.4 is 11.1 Å². The molecule has 3 N–H and O–H groups in total. The number of nitrogens with zero attached hydrogens (tertiary/aromatic N) is 2. The number of carbonyl (C=O) groups is 1. The Kier molecular flexibility index (Phi) is 3.86. The second kappa shape index (κ2) is 5.39. The maximum absolute atomic E-state index is 11.7. The molecule has 6 nitrogen and oxygen atoms in total. The van der Waals surface area contributed by atoms with Crippen LogP contribution in [0.4, 0.5) is 5.69 Å². The number of rotatable bonds is 7. The summed E-state index contributed by atoms with van der Waals surface area (Å²) in [6, 6.07) is 0. The number of methoxy groups -OCH3 is 1. The number of nitrogen functional groups attached to an aromatic ring is 1. The lowest BCUT2D eigenvalue weighted by Gasteiger charge is -2.15. The molecule has 1 aromatic rings. The maximum Gasteiger partial charge on any atom is 0.241 e. The van der Waals surface area contributed by atoms with Crippen LogP contribution >= 0.6 is 0 Å². The molecular formula is C12H20N4O2. The average molecular weight is 252 g/mol. The average Bonchev–Trinajstić information content (AvgIpc) is 3.01. The van der Waals surface area contributed by atoms with Crippen LogP contribution in [0.5, 0.6) is 0 Å². The highest BCUT2D eigenvalue weighted by molar-refractivity contribution is 5.75. The van der Waals surface area contributed by atoms with Crippen molar-refractivity contribution in [2.24, 2.45) is 5.41 Å². The van der Waals surface area contributed by atoms with Gasteiger partial charge in [-0.25, -0.2) is 0 Å². The van der Waals surface area contributed by atoms with Gasteiger partial charge in [-0.15, -0.1) is 0 Å². The molecule has 6 heteroatoms. The Balaban J connectivity index is 1.72. The Morgan fingerprint density at radius 2 is 2.44 bits per heavy atom. The smallest absolute Gasteiger partial charge is 0.241 e. The Morgan fingerprint density at radius 1 is 1.67 bits per heavy atom. The van der Waals surface area contributed by atoms with Gasteiger partial charge in [-0.2, -0.15) is 5.10 Å². The molecule has 0 spiro atoms. The fourth-order valence-corrected chi connectivity index (χ4v) is 1.97. The van der Waals surface area contributed by atoms with Crippen molar-refractivity contribution in [3.8, 4) is 0 Å². The number of nitrogens with one attached hydrogen (secondary N) is 1. The number of hydrogen-bond donors (Lipinski definition) is 2. The van der Waals surface area contributed by atoms with Crippen LogP contribution in [0, 0.1) is 5.41 Å². The van der Waals surface area contributed by atoms with Crippen molar-refractivity contribution in [1.29, 1.82) is 0 Å². The van der Waals surface area contributed by atoms with Crippen LogP contribution in [0.25, 0.3) is 0 Å². The summed E-state index contributed by atoms with van der Waals surface area (Å²) < 4.78 is 6.62. The Hall–Kier alpha value is -1.56. The van der Waals surface area contributed by atoms with E-state index >= 15 is 0 Å². The second-order valence-electron chi connectivity index (χ2n) is 4.99. The van der Waals surface area contributed by atoms with Gasteiger partial charge in [-0.3, -0.25) is 9.48 Å². The van der Waals surface area contributed by atoms with Gasteiger partial charge in [-0.1, -0.05) is 0 Å². The molecule has 0 unspecified atom stereocenters. The summed E-state index contributed by atoms with van der Waals surface area (Å²) in [7, 11) is 1.71. The first-order valence-corrected chi connectivity index (χ1v) is 6.17. The first-order chi connectivity index (χ1) is 8.63. The van der Waals surface area contributed by atoms with Crippen LogP contribution in [-0.2, 0) is 16.1 Å². The lowest BCUT2D eigenvalue weighted by Crippen LogP contribution is -2.33. The lowest BCUT2D eigenvalue weighted by atomic mass is 10.0. The minimum atomic E-state index is -0.0261. The van der Waals surface area contributed by atoms with Crippen molar-refractivity contribution in [3.05, 3.63) is 12.4 Å². The zero-order valence-corrected chi connectivity index (χ0v) is 10.7. The summed E-state index contributed by atoms with van der Waals surface area (Å²) in [4.78, 5) is 11.7. The van der Waals surface area contributed by atoms with Gasteiger partial charge in [0, 0.05) is 26.5 Å². The topological polar surface area (TPSA) is 82.2 Å². The van der Waals surface area contributed by atoms with E-state index in [2.05, 4.69) is 10.4 Å². The van der Waals surface area contributed by atoms with E-state index in [0.29, 0.717) is 5.69 Å². The summed E-state index contributed by atoms with van der Waals surface area (Å²) >= 11 is 0. The second-order valence-corrected chi connectivity index (χ2v) is 4.99. The van der Waals surface area contributed by atoms with E-state index in [0.717, 1.165) is 19.6 Å². The summed E-state index contributed by atoms with van der Waals surface area (Å²) in [5, 5.41) is 6.93. The number of aromatic nitrogens is 2. The Bertz CT molecular complexity index is 412. The molecule has 2 rings (SSSR count). The molecule has 18 heavy (non-hydrogen) atoms. The Morgan fingerprint density at radius 3 is 3.00 bits per heavy atom. The molecule has 1 saturated carbocycles. The van der Waals surface area contributed by atoms with Crippen LogP contribution in [0.2, 0.25) is 0 Å². The minimum absolute atomic E-state index is 0.0261. The molecule has 1 aromatic heterocycles. The fourth-order valence-electron chi connectivity index (χ4n) is 1.97. The van der Waals surface area contributed by atoms with Crippen LogP contribution in [0.1, 0.15) is 19.3 Å². The SMILES string of the molecule is COCCC1(CNC(=O)Cn2cc(N)cn2)CC1. The van der Waals surface area contributed by atoms with Gasteiger partial charge in [0.25, 0.3) is 0 Å². The molecule has 1 fully saturated rings. The molecule has 100 valence electrons. The van der Waals surface area contributed by atoms with Gasteiger partial charge in [0.2, 0.25) is 5.91 Å². The zero-order valence-electron chi connectivity index (χ0n) is 10.7. The molecule has 0 saturated heterocycles. The van der Waals surface area contributed by atoms with Crippen LogP contribution in [0.15, 0.2) is 12.4 Å². The van der Waals surface area contributed by atoms with E-state index in [1.165, 1.54) is 19.0 Å². The summed E-state index contributed by atoms with van der Waals surface area (Å²) in [6.45, 7) is 1.70. The minimum Gasteiger partial charge on any atom is -0.396 e. The summed E-state index contributed by atoms with van der Waals surface area (Å²) in [5.74, 6) is -0.0261. The number of ether oxygens (including phenoxy) is 1. The van der Waals surface area contributed by atoms with Gasteiger partial charge < -0.3 is 15.8 Å². The van der Waals surface area contributed by atoms with Gasteiger partial charge in [0.15, 0.2) is 0 Å². The van der Waals surface area contributed by atoms with Crippen molar-refractivity contribution < 1.29 is 9.53 Å². The number of anilines is 1. The molecule has 0 aliphatic heterocycles. The number of hydrogen-bond acceptors (Lipinski definition) is 4. The third kappa shape index (κ3) is 3.46. The highest BCUT2D eigenvalue weighted by atomic mass is 16.5. The van der Waals surface area contributed by atoms with Crippen molar-refractivity contribution in [1.82, 2.24) is 15.1 Å². The zero-order chi connectivity index (χ0) is 13.0. The number of nitrogens with two attached hydrogens (primary N) is 1. The predicted octanol–water partition coefficient (Wildman–Crippen LogP) is 0.398. The largest absolute Gasteiger partial charge is 0.396 e.